The molecule has 0 aromatic rings. The fourth-order valence-corrected chi connectivity index (χ4v) is 0.899. The van der Waals surface area contributed by atoms with Crippen LogP contribution < -0.4 is 0 Å². The Bertz CT molecular complexity index is 136. The fourth-order valence-electron chi connectivity index (χ4n) is 0.899. The number of hydrogen-bond donors (Lipinski definition) is 1. The van der Waals surface area contributed by atoms with Crippen molar-refractivity contribution in [1.82, 2.24) is 0 Å². The zero-order valence-corrected chi connectivity index (χ0v) is 6.50. The van der Waals surface area contributed by atoms with Gasteiger partial charge in [-0.15, -0.1) is 0 Å². The van der Waals surface area contributed by atoms with Gasteiger partial charge in [0.2, 0.25) is 0 Å². The first-order valence-corrected chi connectivity index (χ1v) is 3.63. The summed E-state index contributed by atoms with van der Waals surface area (Å²) in [5.74, 6) is 0. The van der Waals surface area contributed by atoms with E-state index in [1.165, 1.54) is 5.57 Å². The second-order valence-corrected chi connectivity index (χ2v) is 2.91. The van der Waals surface area contributed by atoms with Gasteiger partial charge in [0.15, 0.2) is 0 Å². The lowest BCUT2D eigenvalue weighted by molar-refractivity contribution is 0.242. The molecule has 1 aliphatic rings. The lowest BCUT2D eigenvalue weighted by atomic mass is 10.2. The van der Waals surface area contributed by atoms with Gasteiger partial charge in [0.1, 0.15) is 6.10 Å². The lowest BCUT2D eigenvalue weighted by Crippen LogP contribution is -1.97. The zero-order valence-electron chi connectivity index (χ0n) is 6.50. The molecule has 0 radical (unpaired) electrons. The molecule has 2 atom stereocenters. The van der Waals surface area contributed by atoms with E-state index < -0.39 is 0 Å². The molecule has 1 N–H and O–H groups in total. The first kappa shape index (κ1) is 7.76. The highest BCUT2D eigenvalue weighted by molar-refractivity contribution is 4.99. The van der Waals surface area contributed by atoms with Gasteiger partial charge < -0.3 is 9.84 Å². The Hall–Kier alpha value is -0.340. The smallest absolute Gasteiger partial charge is 0.107 e. The monoisotopic (exact) mass is 142 g/mol. The molecule has 10 heavy (non-hydrogen) atoms. The van der Waals surface area contributed by atoms with Crippen molar-refractivity contribution in [3.05, 3.63) is 11.6 Å². The van der Waals surface area contributed by atoms with Crippen LogP contribution >= 0.6 is 0 Å². The van der Waals surface area contributed by atoms with Gasteiger partial charge in [-0.2, -0.15) is 0 Å². The third-order valence-corrected chi connectivity index (χ3v) is 1.63. The number of ether oxygens (including phenoxy) is 1. The summed E-state index contributed by atoms with van der Waals surface area (Å²) < 4.78 is 5.12. The average Bonchev–Trinajstić information content (AvgIpc) is 2.61. The van der Waals surface area contributed by atoms with E-state index in [2.05, 4.69) is 19.9 Å². The van der Waals surface area contributed by atoms with E-state index in [9.17, 15) is 0 Å². The molecule has 58 valence electrons. The molecule has 0 amide bonds. The van der Waals surface area contributed by atoms with Crippen LogP contribution in [0.5, 0.6) is 0 Å². The second kappa shape index (κ2) is 3.17. The number of aliphatic hydroxyl groups is 1. The standard InChI is InChI=1S/C8H14O2/c1-6(2)3-4-7-8(5-9)10-7/h3,7-9H,4-5H2,1-2H3/t7-,8-/m1/s1. The van der Waals surface area contributed by atoms with Crippen LogP contribution in [0.4, 0.5) is 0 Å². The molecule has 0 spiro atoms. The molecule has 0 aromatic carbocycles. The van der Waals surface area contributed by atoms with Crippen LogP contribution in [0.1, 0.15) is 20.3 Å². The van der Waals surface area contributed by atoms with Gasteiger partial charge in [0.05, 0.1) is 12.7 Å². The highest BCUT2D eigenvalue weighted by Crippen LogP contribution is 2.25. The molecule has 1 fully saturated rings. The largest absolute Gasteiger partial charge is 0.394 e. The first-order chi connectivity index (χ1) is 4.74. The highest BCUT2D eigenvalue weighted by Gasteiger charge is 2.36. The van der Waals surface area contributed by atoms with E-state index in [1.807, 2.05) is 0 Å². The second-order valence-electron chi connectivity index (χ2n) is 2.91. The quantitative estimate of drug-likeness (QED) is 0.473. The van der Waals surface area contributed by atoms with Gasteiger partial charge in [-0.1, -0.05) is 11.6 Å². The maximum atomic E-state index is 8.60. The molecule has 1 heterocycles. The number of rotatable bonds is 3. The topological polar surface area (TPSA) is 32.8 Å². The Morgan fingerprint density at radius 3 is 2.60 bits per heavy atom. The fraction of sp³-hybridized carbons (Fsp3) is 0.750. The average molecular weight is 142 g/mol. The third-order valence-electron chi connectivity index (χ3n) is 1.63. The van der Waals surface area contributed by atoms with E-state index in [0.717, 1.165) is 6.42 Å². The summed E-state index contributed by atoms with van der Waals surface area (Å²) in [6.07, 6.45) is 3.50. The number of epoxide rings is 1. The number of aliphatic hydroxyl groups excluding tert-OH is 1. The molecule has 0 aromatic heterocycles. The minimum absolute atomic E-state index is 0.121. The van der Waals surface area contributed by atoms with Crippen molar-refractivity contribution >= 4 is 0 Å². The summed E-state index contributed by atoms with van der Waals surface area (Å²) >= 11 is 0. The molecule has 0 aliphatic carbocycles. The van der Waals surface area contributed by atoms with Crippen LogP contribution in [-0.4, -0.2) is 23.9 Å². The van der Waals surface area contributed by atoms with Gasteiger partial charge in [0.25, 0.3) is 0 Å². The summed E-state index contributed by atoms with van der Waals surface area (Å²) in [5, 5.41) is 8.60. The van der Waals surface area contributed by atoms with E-state index >= 15 is 0 Å². The maximum Gasteiger partial charge on any atom is 0.107 e. The predicted octanol–water partition coefficient (Wildman–Crippen LogP) is 1.10. The van der Waals surface area contributed by atoms with Crippen molar-refractivity contribution in [1.29, 1.82) is 0 Å². The molecule has 0 bridgehead atoms. The van der Waals surface area contributed by atoms with E-state index in [1.54, 1.807) is 0 Å². The van der Waals surface area contributed by atoms with Crippen LogP contribution in [0.2, 0.25) is 0 Å². The number of allylic oxidation sites excluding steroid dienone is 1. The molecule has 2 nitrogen and oxygen atoms in total. The van der Waals surface area contributed by atoms with Crippen LogP contribution in [0.25, 0.3) is 0 Å². The summed E-state index contributed by atoms with van der Waals surface area (Å²) in [5.41, 5.74) is 1.31. The summed E-state index contributed by atoms with van der Waals surface area (Å²) in [4.78, 5) is 0. The minimum Gasteiger partial charge on any atom is -0.394 e. The van der Waals surface area contributed by atoms with Gasteiger partial charge >= 0.3 is 0 Å². The summed E-state index contributed by atoms with van der Waals surface area (Å²) in [7, 11) is 0. The molecule has 2 heteroatoms. The van der Waals surface area contributed by atoms with Gasteiger partial charge in [-0.25, -0.2) is 0 Å². The van der Waals surface area contributed by atoms with Crippen molar-refractivity contribution in [2.75, 3.05) is 6.61 Å². The number of hydrogen-bond acceptors (Lipinski definition) is 2. The van der Waals surface area contributed by atoms with Gasteiger partial charge in [-0.3, -0.25) is 0 Å². The Balaban J connectivity index is 2.12. The maximum absolute atomic E-state index is 8.60. The molecule has 0 unspecified atom stereocenters. The molecule has 1 rings (SSSR count). The van der Waals surface area contributed by atoms with Crippen molar-refractivity contribution in [2.45, 2.75) is 32.5 Å². The minimum atomic E-state index is 0.121. The normalized spacial score (nSPS) is 29.9. The SMILES string of the molecule is CC(C)=CC[C@H]1O[C@@H]1CO. The van der Waals surface area contributed by atoms with Crippen LogP contribution in [0, 0.1) is 0 Å². The van der Waals surface area contributed by atoms with Crippen LogP contribution in [0.3, 0.4) is 0 Å². The predicted molar refractivity (Wildman–Crippen MR) is 39.8 cm³/mol. The van der Waals surface area contributed by atoms with Crippen molar-refractivity contribution < 1.29 is 9.84 Å². The van der Waals surface area contributed by atoms with Gasteiger partial charge in [0, 0.05) is 0 Å². The van der Waals surface area contributed by atoms with E-state index in [0.29, 0.717) is 6.10 Å². The van der Waals surface area contributed by atoms with Crippen molar-refractivity contribution in [2.24, 2.45) is 0 Å². The van der Waals surface area contributed by atoms with Gasteiger partial charge in [-0.05, 0) is 20.3 Å². The highest BCUT2D eigenvalue weighted by atomic mass is 16.6. The zero-order chi connectivity index (χ0) is 7.56. The van der Waals surface area contributed by atoms with Crippen LogP contribution in [0.15, 0.2) is 11.6 Å². The van der Waals surface area contributed by atoms with Crippen LogP contribution in [-0.2, 0) is 4.74 Å². The summed E-state index contributed by atoms with van der Waals surface area (Å²) in [6.45, 7) is 4.30. The van der Waals surface area contributed by atoms with Crippen molar-refractivity contribution in [3.8, 4) is 0 Å². The Morgan fingerprint density at radius 1 is 1.50 bits per heavy atom. The van der Waals surface area contributed by atoms with Crippen molar-refractivity contribution in [3.63, 3.8) is 0 Å². The molecular formula is C8H14O2. The Kier molecular flexibility index (Phi) is 2.46. The van der Waals surface area contributed by atoms with E-state index in [4.69, 9.17) is 9.84 Å². The Morgan fingerprint density at radius 2 is 2.20 bits per heavy atom. The molecular weight excluding hydrogens is 128 g/mol. The van der Waals surface area contributed by atoms with E-state index in [-0.39, 0.29) is 12.7 Å². The third kappa shape index (κ3) is 2.12. The molecule has 0 saturated carbocycles. The molecule has 1 saturated heterocycles. The Labute approximate surface area is 61.5 Å². The first-order valence-electron chi connectivity index (χ1n) is 3.63. The summed E-state index contributed by atoms with van der Waals surface area (Å²) in [6, 6.07) is 0. The lowest BCUT2D eigenvalue weighted by Gasteiger charge is -1.87. The molecule has 1 aliphatic heterocycles.